The van der Waals surface area contributed by atoms with Crippen LogP contribution in [0.5, 0.6) is 0 Å². The molecule has 4 fully saturated rings. The molecule has 2 aromatic rings. The van der Waals surface area contributed by atoms with Crippen LogP contribution in [0.25, 0.3) is 0 Å². The molecule has 0 radical (unpaired) electrons. The number of fused-ring (bicyclic) bond motifs is 2. The van der Waals surface area contributed by atoms with Gasteiger partial charge >= 0.3 is 5.97 Å². The molecule has 0 amide bonds. The second-order valence-electron chi connectivity index (χ2n) is 11.4. The standard InChI is InChI=1S/C29H37NO4/c1-19-8-6-13-28(2)17-24-25(26-29(19,28)34-26)22(27(31)33-24)18-30-14-12-21(23-11-7-15-32-23)16-20-9-4-3-5-10-20/h3-5,7,9-11,15,19,21-22,24-26,30H,6,8,12-14,16-18H2,1-2H3/t19-,21+,22+,24+,25+,26-,28+,29+/m0/s1. The maximum Gasteiger partial charge on any atom is 0.311 e. The molecule has 0 unspecified atom stereocenters. The van der Waals surface area contributed by atoms with Gasteiger partial charge < -0.3 is 19.2 Å². The molecule has 6 rings (SSSR count). The molecule has 2 aliphatic carbocycles. The molecule has 0 bridgehead atoms. The molecule has 1 spiro atoms. The molecule has 1 aromatic heterocycles. The van der Waals surface area contributed by atoms with Crippen molar-refractivity contribution < 1.29 is 18.7 Å². The molecule has 34 heavy (non-hydrogen) atoms. The van der Waals surface area contributed by atoms with E-state index in [1.54, 1.807) is 6.26 Å². The first-order valence-electron chi connectivity index (χ1n) is 13.2. The first kappa shape index (κ1) is 22.4. The molecule has 1 N–H and O–H groups in total. The first-order chi connectivity index (χ1) is 16.5. The van der Waals surface area contributed by atoms with E-state index in [4.69, 9.17) is 13.9 Å². The third-order valence-electron chi connectivity index (χ3n) is 9.50. The monoisotopic (exact) mass is 463 g/mol. The maximum atomic E-state index is 12.9. The van der Waals surface area contributed by atoms with Gasteiger partial charge in [0.25, 0.3) is 0 Å². The van der Waals surface area contributed by atoms with Gasteiger partial charge in [0, 0.05) is 23.8 Å². The summed E-state index contributed by atoms with van der Waals surface area (Å²) < 4.78 is 18.3. The van der Waals surface area contributed by atoms with Crippen molar-refractivity contribution in [3.8, 4) is 0 Å². The van der Waals surface area contributed by atoms with Crippen LogP contribution in [0.4, 0.5) is 0 Å². The van der Waals surface area contributed by atoms with Crippen molar-refractivity contribution in [3.63, 3.8) is 0 Å². The lowest BCUT2D eigenvalue weighted by Crippen LogP contribution is -2.54. The predicted octanol–water partition coefficient (Wildman–Crippen LogP) is 5.11. The van der Waals surface area contributed by atoms with Gasteiger partial charge in [0.2, 0.25) is 0 Å². The van der Waals surface area contributed by atoms with Crippen LogP contribution in [0.15, 0.2) is 53.1 Å². The number of epoxide rings is 1. The fourth-order valence-corrected chi connectivity index (χ4v) is 7.77. The Morgan fingerprint density at radius 1 is 1.18 bits per heavy atom. The van der Waals surface area contributed by atoms with Crippen LogP contribution in [0, 0.1) is 23.2 Å². The van der Waals surface area contributed by atoms with Gasteiger partial charge in [-0.05, 0) is 62.3 Å². The SMILES string of the molecule is C[C@H]1CCC[C@]2(C)C[C@H]3OC(=O)[C@H](CNCC[C@H](Cc4ccccc4)c4ccco4)[C@H]3[C@@H]3O[C@]132. The number of hydrogen-bond donors (Lipinski definition) is 1. The Hall–Kier alpha value is -2.11. The highest BCUT2D eigenvalue weighted by atomic mass is 16.6. The summed E-state index contributed by atoms with van der Waals surface area (Å²) in [7, 11) is 0. The summed E-state index contributed by atoms with van der Waals surface area (Å²) in [6, 6.07) is 14.6. The van der Waals surface area contributed by atoms with E-state index < -0.39 is 0 Å². The highest BCUT2D eigenvalue weighted by Gasteiger charge is 2.78. The molecule has 2 aliphatic heterocycles. The number of hydrogen-bond acceptors (Lipinski definition) is 5. The van der Waals surface area contributed by atoms with E-state index in [0.717, 1.165) is 31.6 Å². The second-order valence-corrected chi connectivity index (χ2v) is 11.4. The number of carbonyl (C=O) groups excluding carboxylic acids is 1. The Morgan fingerprint density at radius 2 is 2.03 bits per heavy atom. The number of esters is 1. The third kappa shape index (κ3) is 3.54. The van der Waals surface area contributed by atoms with Crippen LogP contribution in [0.2, 0.25) is 0 Å². The molecule has 3 heterocycles. The summed E-state index contributed by atoms with van der Waals surface area (Å²) in [5.41, 5.74) is 1.43. The van der Waals surface area contributed by atoms with Crippen molar-refractivity contribution in [2.45, 2.75) is 76.1 Å². The van der Waals surface area contributed by atoms with Gasteiger partial charge in [0.15, 0.2) is 0 Å². The average molecular weight is 464 g/mol. The van der Waals surface area contributed by atoms with Gasteiger partial charge in [-0.25, -0.2) is 0 Å². The summed E-state index contributed by atoms with van der Waals surface area (Å²) in [4.78, 5) is 12.9. The van der Waals surface area contributed by atoms with Gasteiger partial charge in [-0.3, -0.25) is 4.79 Å². The molecule has 5 nitrogen and oxygen atoms in total. The van der Waals surface area contributed by atoms with Crippen LogP contribution in [-0.4, -0.2) is 36.9 Å². The molecule has 5 heteroatoms. The summed E-state index contributed by atoms with van der Waals surface area (Å²) in [6.45, 7) is 6.23. The summed E-state index contributed by atoms with van der Waals surface area (Å²) in [5.74, 6) is 1.95. The Kier molecular flexibility index (Phi) is 5.61. The van der Waals surface area contributed by atoms with Crippen molar-refractivity contribution >= 4 is 5.97 Å². The third-order valence-corrected chi connectivity index (χ3v) is 9.50. The Morgan fingerprint density at radius 3 is 2.82 bits per heavy atom. The zero-order chi connectivity index (χ0) is 23.3. The topological polar surface area (TPSA) is 64.0 Å². The van der Waals surface area contributed by atoms with Crippen molar-refractivity contribution in [3.05, 3.63) is 60.1 Å². The lowest BCUT2D eigenvalue weighted by Gasteiger charge is -2.48. The Labute approximate surface area is 202 Å². The minimum Gasteiger partial charge on any atom is -0.469 e. The van der Waals surface area contributed by atoms with E-state index in [-0.39, 0.29) is 41.0 Å². The van der Waals surface area contributed by atoms with E-state index in [1.165, 1.54) is 24.8 Å². The average Bonchev–Trinajstić information content (AvgIpc) is 3.20. The van der Waals surface area contributed by atoms with Gasteiger partial charge in [-0.2, -0.15) is 0 Å². The quantitative estimate of drug-likeness (QED) is 0.335. The maximum absolute atomic E-state index is 12.9. The molecular weight excluding hydrogens is 426 g/mol. The van der Waals surface area contributed by atoms with Gasteiger partial charge in [0.1, 0.15) is 17.5 Å². The van der Waals surface area contributed by atoms with Crippen molar-refractivity contribution in [2.24, 2.45) is 23.2 Å². The molecule has 182 valence electrons. The van der Waals surface area contributed by atoms with E-state index in [9.17, 15) is 4.79 Å². The zero-order valence-corrected chi connectivity index (χ0v) is 20.4. The summed E-state index contributed by atoms with van der Waals surface area (Å²) in [6.07, 6.45) is 8.49. The zero-order valence-electron chi connectivity index (χ0n) is 20.4. The van der Waals surface area contributed by atoms with E-state index in [1.807, 2.05) is 6.07 Å². The van der Waals surface area contributed by atoms with Gasteiger partial charge in [0.05, 0.1) is 18.3 Å². The summed E-state index contributed by atoms with van der Waals surface area (Å²) >= 11 is 0. The number of ether oxygens (including phenoxy) is 2. The predicted molar refractivity (Wildman–Crippen MR) is 129 cm³/mol. The normalized spacial score (nSPS) is 39.0. The number of benzene rings is 1. The van der Waals surface area contributed by atoms with Crippen LogP contribution < -0.4 is 5.32 Å². The molecule has 8 atom stereocenters. The molecule has 1 aromatic carbocycles. The molecule has 4 aliphatic rings. The lowest BCUT2D eigenvalue weighted by molar-refractivity contribution is -0.146. The minimum absolute atomic E-state index is 0.0178. The smallest absolute Gasteiger partial charge is 0.311 e. The summed E-state index contributed by atoms with van der Waals surface area (Å²) in [5, 5.41) is 3.60. The van der Waals surface area contributed by atoms with Crippen LogP contribution >= 0.6 is 0 Å². The minimum atomic E-state index is -0.107. The van der Waals surface area contributed by atoms with Crippen LogP contribution in [0.1, 0.15) is 63.2 Å². The molecule has 2 saturated heterocycles. The second kappa shape index (κ2) is 8.53. The first-order valence-corrected chi connectivity index (χ1v) is 13.2. The van der Waals surface area contributed by atoms with Gasteiger partial charge in [-0.15, -0.1) is 0 Å². The number of nitrogens with one attached hydrogen (secondary N) is 1. The van der Waals surface area contributed by atoms with E-state index >= 15 is 0 Å². The highest BCUT2D eigenvalue weighted by Crippen LogP contribution is 2.70. The van der Waals surface area contributed by atoms with E-state index in [2.05, 4.69) is 55.6 Å². The highest BCUT2D eigenvalue weighted by molar-refractivity contribution is 5.76. The van der Waals surface area contributed by atoms with Crippen molar-refractivity contribution in [2.75, 3.05) is 13.1 Å². The number of carbonyl (C=O) groups is 1. The Bertz CT molecular complexity index is 1010. The lowest BCUT2D eigenvalue weighted by atomic mass is 9.53. The number of furan rings is 1. The van der Waals surface area contributed by atoms with Crippen LogP contribution in [0.3, 0.4) is 0 Å². The van der Waals surface area contributed by atoms with Crippen molar-refractivity contribution in [1.82, 2.24) is 5.32 Å². The fourth-order valence-electron chi connectivity index (χ4n) is 7.77. The van der Waals surface area contributed by atoms with Crippen molar-refractivity contribution in [1.29, 1.82) is 0 Å². The van der Waals surface area contributed by atoms with E-state index in [0.29, 0.717) is 18.4 Å². The fraction of sp³-hybridized carbons (Fsp3) is 0.621. The number of rotatable bonds is 8. The van der Waals surface area contributed by atoms with Crippen LogP contribution in [-0.2, 0) is 20.7 Å². The molecular formula is C29H37NO4. The largest absolute Gasteiger partial charge is 0.469 e. The Balaban J connectivity index is 1.09. The molecule has 2 saturated carbocycles. The van der Waals surface area contributed by atoms with Gasteiger partial charge in [-0.1, -0.05) is 50.6 Å².